The highest BCUT2D eigenvalue weighted by molar-refractivity contribution is 5.40. The van der Waals surface area contributed by atoms with Crippen molar-refractivity contribution in [3.05, 3.63) is 24.3 Å². The molecule has 2 rings (SSSR count). The molecule has 0 bridgehead atoms. The lowest BCUT2D eigenvalue weighted by molar-refractivity contribution is 0.174. The van der Waals surface area contributed by atoms with Crippen molar-refractivity contribution in [3.8, 4) is 11.5 Å². The van der Waals surface area contributed by atoms with E-state index < -0.39 is 0 Å². The molecule has 0 aromatic heterocycles. The predicted octanol–water partition coefficient (Wildman–Crippen LogP) is 1.22. The van der Waals surface area contributed by atoms with E-state index in [1.54, 1.807) is 12.1 Å². The summed E-state index contributed by atoms with van der Waals surface area (Å²) >= 11 is 0. The predicted molar refractivity (Wildman–Crippen MR) is 31.4 cm³/mol. The molecule has 1 aromatic rings. The highest BCUT2D eigenvalue weighted by Crippen LogP contribution is 2.29. The lowest BCUT2D eigenvalue weighted by Crippen LogP contribution is -1.92. The van der Waals surface area contributed by atoms with Crippen LogP contribution in [0.15, 0.2) is 18.2 Å². The molecule has 0 atom stereocenters. The second-order valence-corrected chi connectivity index (χ2v) is 1.78. The first-order valence-electron chi connectivity index (χ1n) is 2.72. The lowest BCUT2D eigenvalue weighted by atomic mass is 10.3. The van der Waals surface area contributed by atoms with E-state index in [9.17, 15) is 0 Å². The van der Waals surface area contributed by atoms with Crippen LogP contribution in [0.1, 0.15) is 0 Å². The minimum atomic E-state index is 0.340. The molecule has 0 spiro atoms. The first kappa shape index (κ1) is 4.68. The Hall–Kier alpha value is -1.18. The fraction of sp³-hybridized carbons (Fsp3) is 0.143. The van der Waals surface area contributed by atoms with Gasteiger partial charge in [-0.15, -0.1) is 12.1 Å². The van der Waals surface area contributed by atoms with Gasteiger partial charge in [0.05, 0.1) is 11.5 Å². The van der Waals surface area contributed by atoms with Gasteiger partial charge in [-0.05, 0) is 0 Å². The van der Waals surface area contributed by atoms with Gasteiger partial charge in [0.2, 0.25) is 6.79 Å². The Kier molecular flexibility index (Phi) is 0.859. The van der Waals surface area contributed by atoms with Gasteiger partial charge in [-0.3, -0.25) is 0 Å². The van der Waals surface area contributed by atoms with Crippen molar-refractivity contribution in [3.63, 3.8) is 0 Å². The third kappa shape index (κ3) is 0.633. The standard InChI is InChI=1S/C7H5O2/c1-2-4-7-6(3-1)8-5-9-7/h1,3-4H,5H2/q-1. The van der Waals surface area contributed by atoms with E-state index in [1.165, 1.54) is 0 Å². The smallest absolute Gasteiger partial charge is 0.215 e. The quantitative estimate of drug-likeness (QED) is 0.480. The molecule has 0 fully saturated rings. The number of rotatable bonds is 0. The second kappa shape index (κ2) is 1.65. The maximum Gasteiger partial charge on any atom is 0.215 e. The Morgan fingerprint density at radius 1 is 1.33 bits per heavy atom. The molecule has 1 heterocycles. The summed E-state index contributed by atoms with van der Waals surface area (Å²) in [7, 11) is 0. The van der Waals surface area contributed by atoms with Crippen LogP contribution in [0.4, 0.5) is 0 Å². The van der Waals surface area contributed by atoms with Gasteiger partial charge in [0.15, 0.2) is 0 Å². The molecule has 0 aliphatic carbocycles. The molecular formula is C7H5O2-. The third-order valence-electron chi connectivity index (χ3n) is 1.22. The fourth-order valence-corrected chi connectivity index (χ4v) is 0.789. The van der Waals surface area contributed by atoms with Crippen molar-refractivity contribution in [2.75, 3.05) is 6.79 Å². The minimum Gasteiger partial charge on any atom is -0.516 e. The van der Waals surface area contributed by atoms with E-state index in [2.05, 4.69) is 6.07 Å². The van der Waals surface area contributed by atoms with Crippen molar-refractivity contribution in [2.45, 2.75) is 0 Å². The normalized spacial score (nSPS) is 13.8. The zero-order valence-electron chi connectivity index (χ0n) is 4.76. The molecule has 1 aromatic carbocycles. The van der Waals surface area contributed by atoms with Crippen molar-refractivity contribution in [1.29, 1.82) is 0 Å². The molecule has 0 unspecified atom stereocenters. The van der Waals surface area contributed by atoms with Gasteiger partial charge in [0.1, 0.15) is 0 Å². The minimum absolute atomic E-state index is 0.340. The Morgan fingerprint density at radius 3 is 3.11 bits per heavy atom. The summed E-state index contributed by atoms with van der Waals surface area (Å²) in [4.78, 5) is 0. The van der Waals surface area contributed by atoms with E-state index >= 15 is 0 Å². The molecule has 2 heteroatoms. The molecule has 46 valence electrons. The van der Waals surface area contributed by atoms with Crippen molar-refractivity contribution < 1.29 is 9.47 Å². The van der Waals surface area contributed by atoms with Crippen LogP contribution in [0.2, 0.25) is 0 Å². The van der Waals surface area contributed by atoms with E-state index in [4.69, 9.17) is 9.47 Å². The Labute approximate surface area is 53.0 Å². The molecule has 0 radical (unpaired) electrons. The fourth-order valence-electron chi connectivity index (χ4n) is 0.789. The summed E-state index contributed by atoms with van der Waals surface area (Å²) in [5.41, 5.74) is 0. The van der Waals surface area contributed by atoms with E-state index in [-0.39, 0.29) is 0 Å². The van der Waals surface area contributed by atoms with Gasteiger partial charge in [0, 0.05) is 0 Å². The third-order valence-corrected chi connectivity index (χ3v) is 1.22. The van der Waals surface area contributed by atoms with Gasteiger partial charge < -0.3 is 9.47 Å². The van der Waals surface area contributed by atoms with Crippen molar-refractivity contribution >= 4 is 0 Å². The van der Waals surface area contributed by atoms with Crippen LogP contribution in [0, 0.1) is 6.07 Å². The first-order chi connectivity index (χ1) is 4.47. The van der Waals surface area contributed by atoms with Gasteiger partial charge in [-0.2, -0.15) is 12.1 Å². The lowest BCUT2D eigenvalue weighted by Gasteiger charge is -1.99. The van der Waals surface area contributed by atoms with Gasteiger partial charge in [0.25, 0.3) is 0 Å². The number of benzene rings is 1. The average Bonchev–Trinajstić information content (AvgIpc) is 2.33. The maximum atomic E-state index is 5.06. The number of hydrogen-bond acceptors (Lipinski definition) is 2. The molecule has 1 aliphatic heterocycles. The Morgan fingerprint density at radius 2 is 2.22 bits per heavy atom. The van der Waals surface area contributed by atoms with Crippen LogP contribution in [0.5, 0.6) is 11.5 Å². The van der Waals surface area contributed by atoms with Crippen molar-refractivity contribution in [1.82, 2.24) is 0 Å². The zero-order chi connectivity index (χ0) is 6.10. The highest BCUT2D eigenvalue weighted by atomic mass is 16.7. The van der Waals surface area contributed by atoms with Crippen LogP contribution in [0.3, 0.4) is 0 Å². The van der Waals surface area contributed by atoms with Gasteiger partial charge >= 0.3 is 0 Å². The van der Waals surface area contributed by atoms with Crippen LogP contribution >= 0.6 is 0 Å². The van der Waals surface area contributed by atoms with E-state index in [1.807, 2.05) is 6.07 Å². The zero-order valence-corrected chi connectivity index (χ0v) is 4.76. The summed E-state index contributed by atoms with van der Waals surface area (Å²) < 4.78 is 10.1. The maximum absolute atomic E-state index is 5.06. The van der Waals surface area contributed by atoms with Crippen LogP contribution in [-0.4, -0.2) is 6.79 Å². The van der Waals surface area contributed by atoms with Crippen molar-refractivity contribution in [2.24, 2.45) is 0 Å². The Balaban J connectivity index is 2.54. The van der Waals surface area contributed by atoms with E-state index in [0.29, 0.717) is 6.79 Å². The highest BCUT2D eigenvalue weighted by Gasteiger charge is 2.01. The number of ether oxygens (including phenoxy) is 2. The molecule has 2 nitrogen and oxygen atoms in total. The monoisotopic (exact) mass is 121 g/mol. The SMILES string of the molecule is [c-]1ccc2c(c1)OCO2. The second-order valence-electron chi connectivity index (χ2n) is 1.78. The van der Waals surface area contributed by atoms with E-state index in [0.717, 1.165) is 11.5 Å². The summed E-state index contributed by atoms with van der Waals surface area (Å²) in [6.07, 6.45) is 0. The molecule has 0 saturated heterocycles. The van der Waals surface area contributed by atoms with Crippen LogP contribution in [-0.2, 0) is 0 Å². The molecule has 0 saturated carbocycles. The largest absolute Gasteiger partial charge is 0.516 e. The molecule has 0 amide bonds. The topological polar surface area (TPSA) is 18.5 Å². The molecule has 1 aliphatic rings. The number of hydrogen-bond donors (Lipinski definition) is 0. The van der Waals surface area contributed by atoms with Gasteiger partial charge in [-0.1, -0.05) is 0 Å². The Bertz CT molecular complexity index is 197. The van der Waals surface area contributed by atoms with Crippen LogP contribution in [0.25, 0.3) is 0 Å². The molecule has 9 heavy (non-hydrogen) atoms. The molecular weight excluding hydrogens is 116 g/mol. The van der Waals surface area contributed by atoms with Gasteiger partial charge in [-0.25, -0.2) is 0 Å². The van der Waals surface area contributed by atoms with Crippen LogP contribution < -0.4 is 9.47 Å². The summed E-state index contributed by atoms with van der Waals surface area (Å²) in [5.74, 6) is 1.60. The number of fused-ring (bicyclic) bond motifs is 1. The summed E-state index contributed by atoms with van der Waals surface area (Å²) in [6.45, 7) is 0.340. The summed E-state index contributed by atoms with van der Waals surface area (Å²) in [6, 6.07) is 8.29. The summed E-state index contributed by atoms with van der Waals surface area (Å²) in [5, 5.41) is 0. The average molecular weight is 121 g/mol. The molecule has 0 N–H and O–H groups in total. The first-order valence-corrected chi connectivity index (χ1v) is 2.72.